The Bertz CT molecular complexity index is 1510. The van der Waals surface area contributed by atoms with E-state index in [-0.39, 0.29) is 34.8 Å². The minimum atomic E-state index is -4.26. The summed E-state index contributed by atoms with van der Waals surface area (Å²) in [6, 6.07) is 18.0. The van der Waals surface area contributed by atoms with Gasteiger partial charge < -0.3 is 19.7 Å². The molecule has 0 aliphatic rings. The van der Waals surface area contributed by atoms with Crippen molar-refractivity contribution >= 4 is 27.5 Å². The standard InChI is InChI=1S/C33H43N3O6S/c1-8-25(5)34-33(38)29(9-2)35(21-26-12-10-11-24(4)19-26)32(37)22-36(30-20-27(41-6)15-18-31(30)42-7)43(39,40)28-16-13-23(3)14-17-28/h10-20,25,29H,8-9,21-22H2,1-7H3,(H,34,38). The highest BCUT2D eigenvalue weighted by Gasteiger charge is 2.35. The molecule has 232 valence electrons. The number of nitrogens with zero attached hydrogens (tertiary/aromatic N) is 2. The van der Waals surface area contributed by atoms with E-state index >= 15 is 0 Å². The quantitative estimate of drug-likeness (QED) is 0.268. The molecule has 3 aromatic rings. The smallest absolute Gasteiger partial charge is 0.264 e. The Balaban J connectivity index is 2.15. The van der Waals surface area contributed by atoms with Crippen molar-refractivity contribution in [2.75, 3.05) is 25.1 Å². The van der Waals surface area contributed by atoms with Crippen molar-refractivity contribution in [1.29, 1.82) is 0 Å². The van der Waals surface area contributed by atoms with E-state index in [9.17, 15) is 18.0 Å². The van der Waals surface area contributed by atoms with Crippen LogP contribution in [-0.4, -0.2) is 58.0 Å². The van der Waals surface area contributed by atoms with Crippen molar-refractivity contribution in [2.24, 2.45) is 0 Å². The van der Waals surface area contributed by atoms with Crippen molar-refractivity contribution in [3.63, 3.8) is 0 Å². The van der Waals surface area contributed by atoms with E-state index in [1.807, 2.05) is 58.9 Å². The zero-order chi connectivity index (χ0) is 31.7. The molecule has 43 heavy (non-hydrogen) atoms. The predicted octanol–water partition coefficient (Wildman–Crippen LogP) is 5.24. The van der Waals surface area contributed by atoms with E-state index in [0.717, 1.165) is 27.4 Å². The Morgan fingerprint density at radius 2 is 1.58 bits per heavy atom. The second kappa shape index (κ2) is 14.9. The van der Waals surface area contributed by atoms with Gasteiger partial charge in [-0.15, -0.1) is 0 Å². The van der Waals surface area contributed by atoms with Crippen molar-refractivity contribution in [1.82, 2.24) is 10.2 Å². The van der Waals surface area contributed by atoms with Crippen LogP contribution < -0.4 is 19.1 Å². The summed E-state index contributed by atoms with van der Waals surface area (Å²) in [5.74, 6) is -0.183. The molecule has 2 amide bonds. The molecule has 3 rings (SSSR count). The van der Waals surface area contributed by atoms with E-state index in [4.69, 9.17) is 9.47 Å². The Hall–Kier alpha value is -4.05. The molecule has 0 aliphatic carbocycles. The number of hydrogen-bond donors (Lipinski definition) is 1. The molecule has 2 atom stereocenters. The third kappa shape index (κ3) is 8.28. The van der Waals surface area contributed by atoms with Gasteiger partial charge >= 0.3 is 0 Å². The van der Waals surface area contributed by atoms with Crippen LogP contribution in [0.3, 0.4) is 0 Å². The number of benzene rings is 3. The summed E-state index contributed by atoms with van der Waals surface area (Å²) in [5, 5.41) is 2.99. The highest BCUT2D eigenvalue weighted by molar-refractivity contribution is 7.92. The fourth-order valence-electron chi connectivity index (χ4n) is 4.71. The van der Waals surface area contributed by atoms with Crippen molar-refractivity contribution in [3.8, 4) is 11.5 Å². The minimum Gasteiger partial charge on any atom is -0.497 e. The van der Waals surface area contributed by atoms with Crippen LogP contribution in [0, 0.1) is 13.8 Å². The first kappa shape index (κ1) is 33.5. The van der Waals surface area contributed by atoms with Gasteiger partial charge in [0, 0.05) is 18.7 Å². The summed E-state index contributed by atoms with van der Waals surface area (Å²) in [5.41, 5.74) is 2.87. The number of anilines is 1. The molecular formula is C33H43N3O6S. The van der Waals surface area contributed by atoms with Crippen LogP contribution in [0.15, 0.2) is 71.6 Å². The molecule has 0 spiro atoms. The van der Waals surface area contributed by atoms with Crippen LogP contribution in [0.2, 0.25) is 0 Å². The van der Waals surface area contributed by atoms with E-state index in [2.05, 4.69) is 5.32 Å². The Morgan fingerprint density at radius 1 is 0.884 bits per heavy atom. The summed E-state index contributed by atoms with van der Waals surface area (Å²) in [6.07, 6.45) is 1.07. The number of ether oxygens (including phenoxy) is 2. The zero-order valence-electron chi connectivity index (χ0n) is 26.1. The second-order valence-corrected chi connectivity index (χ2v) is 12.5. The Morgan fingerprint density at radius 3 is 2.16 bits per heavy atom. The van der Waals surface area contributed by atoms with E-state index in [1.165, 1.54) is 37.3 Å². The SMILES string of the molecule is CCC(C)NC(=O)C(CC)N(Cc1cccc(C)c1)C(=O)CN(c1cc(OC)ccc1OC)S(=O)(=O)c1ccc(C)cc1. The summed E-state index contributed by atoms with van der Waals surface area (Å²) in [4.78, 5) is 29.3. The molecule has 0 bridgehead atoms. The first-order valence-corrected chi connectivity index (χ1v) is 15.9. The molecule has 0 aliphatic heterocycles. The predicted molar refractivity (Wildman–Crippen MR) is 169 cm³/mol. The van der Waals surface area contributed by atoms with Gasteiger partial charge in [-0.2, -0.15) is 0 Å². The van der Waals surface area contributed by atoms with Gasteiger partial charge in [0.05, 0.1) is 24.8 Å². The van der Waals surface area contributed by atoms with Crippen LogP contribution in [0.4, 0.5) is 5.69 Å². The van der Waals surface area contributed by atoms with Gasteiger partial charge in [-0.05, 0) is 63.4 Å². The molecule has 0 heterocycles. The third-order valence-electron chi connectivity index (χ3n) is 7.36. The average Bonchev–Trinajstić information content (AvgIpc) is 2.99. The monoisotopic (exact) mass is 609 g/mol. The molecular weight excluding hydrogens is 566 g/mol. The van der Waals surface area contributed by atoms with Crippen LogP contribution >= 0.6 is 0 Å². The molecule has 0 saturated carbocycles. The lowest BCUT2D eigenvalue weighted by molar-refractivity contribution is -0.140. The van der Waals surface area contributed by atoms with Gasteiger partial charge in [0.15, 0.2) is 0 Å². The number of methoxy groups -OCH3 is 2. The average molecular weight is 610 g/mol. The van der Waals surface area contributed by atoms with Crippen molar-refractivity contribution in [2.45, 2.75) is 71.0 Å². The van der Waals surface area contributed by atoms with Crippen molar-refractivity contribution in [3.05, 3.63) is 83.4 Å². The minimum absolute atomic E-state index is 0.0163. The molecule has 10 heteroatoms. The van der Waals surface area contributed by atoms with Gasteiger partial charge in [0.1, 0.15) is 24.1 Å². The maximum absolute atomic E-state index is 14.3. The zero-order valence-corrected chi connectivity index (χ0v) is 26.9. The van der Waals surface area contributed by atoms with E-state index < -0.39 is 28.5 Å². The maximum Gasteiger partial charge on any atom is 0.264 e. The molecule has 2 unspecified atom stereocenters. The maximum atomic E-state index is 14.3. The summed E-state index contributed by atoms with van der Waals surface area (Å²) in [6.45, 7) is 9.08. The lowest BCUT2D eigenvalue weighted by atomic mass is 10.1. The summed E-state index contributed by atoms with van der Waals surface area (Å²) < 4.78 is 40.4. The number of aryl methyl sites for hydroxylation is 2. The Labute approximate surface area is 255 Å². The fraction of sp³-hybridized carbons (Fsp3) is 0.394. The summed E-state index contributed by atoms with van der Waals surface area (Å²) >= 11 is 0. The third-order valence-corrected chi connectivity index (χ3v) is 9.14. The van der Waals surface area contributed by atoms with Crippen LogP contribution in [0.25, 0.3) is 0 Å². The number of carbonyl (C=O) groups excluding carboxylic acids is 2. The lowest BCUT2D eigenvalue weighted by Crippen LogP contribution is -2.53. The number of nitrogens with one attached hydrogen (secondary N) is 1. The van der Waals surface area contributed by atoms with E-state index in [1.54, 1.807) is 24.3 Å². The summed E-state index contributed by atoms with van der Waals surface area (Å²) in [7, 11) is -1.36. The number of amides is 2. The van der Waals surface area contributed by atoms with Gasteiger partial charge in [0.2, 0.25) is 11.8 Å². The molecule has 0 saturated heterocycles. The van der Waals surface area contributed by atoms with Crippen molar-refractivity contribution < 1.29 is 27.5 Å². The normalized spacial score (nSPS) is 12.6. The van der Waals surface area contributed by atoms with E-state index in [0.29, 0.717) is 12.2 Å². The van der Waals surface area contributed by atoms with Gasteiger partial charge in [-0.1, -0.05) is 61.4 Å². The number of hydrogen-bond acceptors (Lipinski definition) is 6. The topological polar surface area (TPSA) is 105 Å². The molecule has 0 fully saturated rings. The van der Waals surface area contributed by atoms with Crippen LogP contribution in [-0.2, 0) is 26.2 Å². The molecule has 0 aromatic heterocycles. The first-order chi connectivity index (χ1) is 20.4. The van der Waals surface area contributed by atoms with Gasteiger partial charge in [-0.25, -0.2) is 8.42 Å². The fourth-order valence-corrected chi connectivity index (χ4v) is 6.13. The van der Waals surface area contributed by atoms with Crippen LogP contribution in [0.5, 0.6) is 11.5 Å². The number of sulfonamides is 1. The number of rotatable bonds is 14. The molecule has 0 radical (unpaired) electrons. The Kier molecular flexibility index (Phi) is 11.6. The highest BCUT2D eigenvalue weighted by atomic mass is 32.2. The van der Waals surface area contributed by atoms with Gasteiger partial charge in [-0.3, -0.25) is 13.9 Å². The van der Waals surface area contributed by atoms with Gasteiger partial charge in [0.25, 0.3) is 10.0 Å². The number of carbonyl (C=O) groups is 2. The second-order valence-electron chi connectivity index (χ2n) is 10.6. The lowest BCUT2D eigenvalue weighted by Gasteiger charge is -2.34. The molecule has 3 aromatic carbocycles. The first-order valence-electron chi connectivity index (χ1n) is 14.4. The molecule has 9 nitrogen and oxygen atoms in total. The highest BCUT2D eigenvalue weighted by Crippen LogP contribution is 2.36. The molecule has 1 N–H and O–H groups in total. The van der Waals surface area contributed by atoms with Crippen LogP contribution in [0.1, 0.15) is 50.3 Å². The largest absolute Gasteiger partial charge is 0.497 e.